The predicted octanol–water partition coefficient (Wildman–Crippen LogP) is 1.19. The van der Waals surface area contributed by atoms with Crippen molar-refractivity contribution in [3.8, 4) is 0 Å². The van der Waals surface area contributed by atoms with E-state index < -0.39 is 9.84 Å². The molecule has 0 spiro atoms. The minimum atomic E-state index is -2.71. The molecule has 0 bridgehead atoms. The van der Waals surface area contributed by atoms with E-state index in [1.54, 1.807) is 0 Å². The van der Waals surface area contributed by atoms with Crippen LogP contribution in [0.15, 0.2) is 0 Å². The van der Waals surface area contributed by atoms with Crippen molar-refractivity contribution in [1.29, 1.82) is 0 Å². The molecular weight excluding hydrogens is 198 g/mol. The van der Waals surface area contributed by atoms with Gasteiger partial charge in [0.1, 0.15) is 9.84 Å². The molecule has 84 valence electrons. The molecule has 2 N–H and O–H groups in total. The van der Waals surface area contributed by atoms with Gasteiger partial charge in [-0.25, -0.2) is 8.42 Å². The van der Waals surface area contributed by atoms with Gasteiger partial charge in [0.25, 0.3) is 0 Å². The first-order valence-electron chi connectivity index (χ1n) is 5.25. The number of hydrogen-bond donors (Lipinski definition) is 1. The van der Waals surface area contributed by atoms with Gasteiger partial charge < -0.3 is 5.73 Å². The van der Waals surface area contributed by atoms with E-state index in [2.05, 4.69) is 13.8 Å². The standard InChI is InChI=1S/C10H21NO2S/c1-10(2,8-11)7-9-3-5-14(12,13)6-4-9/h9H,3-8,11H2,1-2H3. The summed E-state index contributed by atoms with van der Waals surface area (Å²) in [5.74, 6) is 1.30. The predicted molar refractivity (Wildman–Crippen MR) is 58.8 cm³/mol. The van der Waals surface area contributed by atoms with Crippen LogP contribution in [0.5, 0.6) is 0 Å². The van der Waals surface area contributed by atoms with Crippen LogP contribution in [0.4, 0.5) is 0 Å². The van der Waals surface area contributed by atoms with Crippen molar-refractivity contribution < 1.29 is 8.42 Å². The third-order valence-electron chi connectivity index (χ3n) is 3.07. The minimum absolute atomic E-state index is 0.159. The second-order valence-corrected chi connectivity index (χ2v) is 7.47. The Kier molecular flexibility index (Phi) is 3.58. The zero-order chi connectivity index (χ0) is 10.8. The molecule has 0 saturated carbocycles. The van der Waals surface area contributed by atoms with Gasteiger partial charge in [-0.3, -0.25) is 0 Å². The SMILES string of the molecule is CC(C)(CN)CC1CCS(=O)(=O)CC1. The smallest absolute Gasteiger partial charge is 0.150 e. The average Bonchev–Trinajstić information content (AvgIpc) is 2.09. The van der Waals surface area contributed by atoms with E-state index in [9.17, 15) is 8.42 Å². The van der Waals surface area contributed by atoms with E-state index in [0.29, 0.717) is 24.0 Å². The molecule has 1 fully saturated rings. The Morgan fingerprint density at radius 2 is 1.79 bits per heavy atom. The summed E-state index contributed by atoms with van der Waals surface area (Å²) in [5.41, 5.74) is 5.82. The zero-order valence-electron chi connectivity index (χ0n) is 9.12. The molecule has 0 aromatic rings. The zero-order valence-corrected chi connectivity index (χ0v) is 9.94. The average molecular weight is 219 g/mol. The summed E-state index contributed by atoms with van der Waals surface area (Å²) < 4.78 is 22.4. The molecule has 1 rings (SSSR count). The normalized spacial score (nSPS) is 23.6. The molecule has 1 aliphatic heterocycles. The quantitative estimate of drug-likeness (QED) is 0.775. The molecule has 0 atom stereocenters. The van der Waals surface area contributed by atoms with Crippen LogP contribution in [-0.2, 0) is 9.84 Å². The van der Waals surface area contributed by atoms with Crippen molar-refractivity contribution in [3.63, 3.8) is 0 Å². The summed E-state index contributed by atoms with van der Waals surface area (Å²) in [5, 5.41) is 0. The first-order valence-corrected chi connectivity index (χ1v) is 7.07. The van der Waals surface area contributed by atoms with Gasteiger partial charge in [-0.15, -0.1) is 0 Å². The first kappa shape index (κ1) is 12.0. The van der Waals surface area contributed by atoms with Crippen LogP contribution in [0, 0.1) is 11.3 Å². The molecule has 1 saturated heterocycles. The first-order chi connectivity index (χ1) is 6.35. The highest BCUT2D eigenvalue weighted by Crippen LogP contribution is 2.31. The Labute approximate surface area is 87.0 Å². The summed E-state index contributed by atoms with van der Waals surface area (Å²) in [4.78, 5) is 0. The van der Waals surface area contributed by atoms with Gasteiger partial charge in [-0.2, -0.15) is 0 Å². The number of hydrogen-bond acceptors (Lipinski definition) is 3. The van der Waals surface area contributed by atoms with Gasteiger partial charge in [0.2, 0.25) is 0 Å². The molecule has 0 unspecified atom stereocenters. The fourth-order valence-electron chi connectivity index (χ4n) is 2.01. The summed E-state index contributed by atoms with van der Waals surface area (Å²) in [7, 11) is -2.71. The lowest BCUT2D eigenvalue weighted by Gasteiger charge is -2.30. The maximum Gasteiger partial charge on any atom is 0.150 e. The number of rotatable bonds is 3. The topological polar surface area (TPSA) is 60.2 Å². The maximum absolute atomic E-state index is 11.2. The van der Waals surface area contributed by atoms with Crippen molar-refractivity contribution in [1.82, 2.24) is 0 Å². The second kappa shape index (κ2) is 4.19. The van der Waals surface area contributed by atoms with E-state index in [1.807, 2.05) is 0 Å². The van der Waals surface area contributed by atoms with Crippen LogP contribution in [0.2, 0.25) is 0 Å². The monoisotopic (exact) mass is 219 g/mol. The van der Waals surface area contributed by atoms with Gasteiger partial charge in [0.15, 0.2) is 0 Å². The largest absolute Gasteiger partial charge is 0.330 e. The summed E-state index contributed by atoms with van der Waals surface area (Å²) in [6, 6.07) is 0. The minimum Gasteiger partial charge on any atom is -0.330 e. The molecule has 0 aromatic carbocycles. The third-order valence-corrected chi connectivity index (χ3v) is 4.78. The lowest BCUT2D eigenvalue weighted by Crippen LogP contribution is -2.30. The van der Waals surface area contributed by atoms with Gasteiger partial charge in [-0.05, 0) is 37.1 Å². The van der Waals surface area contributed by atoms with Crippen molar-refractivity contribution in [2.75, 3.05) is 18.1 Å². The highest BCUT2D eigenvalue weighted by atomic mass is 32.2. The van der Waals surface area contributed by atoms with Gasteiger partial charge in [-0.1, -0.05) is 13.8 Å². The molecular formula is C10H21NO2S. The van der Waals surface area contributed by atoms with Crippen LogP contribution in [-0.4, -0.2) is 26.5 Å². The summed E-state index contributed by atoms with van der Waals surface area (Å²) >= 11 is 0. The lowest BCUT2D eigenvalue weighted by atomic mass is 9.80. The van der Waals surface area contributed by atoms with Crippen molar-refractivity contribution in [2.24, 2.45) is 17.1 Å². The molecule has 0 amide bonds. The molecule has 1 aliphatic rings. The molecule has 0 aromatic heterocycles. The highest BCUT2D eigenvalue weighted by molar-refractivity contribution is 7.91. The van der Waals surface area contributed by atoms with Gasteiger partial charge >= 0.3 is 0 Å². The fraction of sp³-hybridized carbons (Fsp3) is 1.00. The molecule has 0 aliphatic carbocycles. The van der Waals surface area contributed by atoms with Crippen LogP contribution < -0.4 is 5.73 Å². The van der Waals surface area contributed by atoms with Crippen molar-refractivity contribution >= 4 is 9.84 Å². The highest BCUT2D eigenvalue weighted by Gasteiger charge is 2.28. The van der Waals surface area contributed by atoms with E-state index in [-0.39, 0.29) is 5.41 Å². The number of nitrogens with two attached hydrogens (primary N) is 1. The summed E-state index contributed by atoms with van der Waals surface area (Å²) in [6.45, 7) is 4.97. The van der Waals surface area contributed by atoms with Crippen molar-refractivity contribution in [2.45, 2.75) is 33.1 Å². The lowest BCUT2D eigenvalue weighted by molar-refractivity contribution is 0.261. The Morgan fingerprint density at radius 3 is 2.21 bits per heavy atom. The molecule has 14 heavy (non-hydrogen) atoms. The molecule has 1 heterocycles. The Morgan fingerprint density at radius 1 is 1.29 bits per heavy atom. The van der Waals surface area contributed by atoms with Crippen LogP contribution >= 0.6 is 0 Å². The fourth-order valence-corrected chi connectivity index (χ4v) is 3.60. The molecule has 3 nitrogen and oxygen atoms in total. The third kappa shape index (κ3) is 3.58. The van der Waals surface area contributed by atoms with Gasteiger partial charge in [0.05, 0.1) is 11.5 Å². The maximum atomic E-state index is 11.2. The molecule has 0 radical (unpaired) electrons. The Balaban J connectivity index is 2.44. The van der Waals surface area contributed by atoms with E-state index >= 15 is 0 Å². The summed E-state index contributed by atoms with van der Waals surface area (Å²) in [6.07, 6.45) is 2.70. The van der Waals surface area contributed by atoms with Crippen molar-refractivity contribution in [3.05, 3.63) is 0 Å². The van der Waals surface area contributed by atoms with Crippen LogP contribution in [0.3, 0.4) is 0 Å². The van der Waals surface area contributed by atoms with E-state index in [4.69, 9.17) is 5.73 Å². The number of sulfone groups is 1. The Hall–Kier alpha value is -0.0900. The Bertz CT molecular complexity index is 268. The van der Waals surface area contributed by atoms with E-state index in [1.165, 1.54) is 0 Å². The van der Waals surface area contributed by atoms with Crippen LogP contribution in [0.1, 0.15) is 33.1 Å². The molecule has 4 heteroatoms. The van der Waals surface area contributed by atoms with Crippen LogP contribution in [0.25, 0.3) is 0 Å². The van der Waals surface area contributed by atoms with E-state index in [0.717, 1.165) is 19.3 Å². The second-order valence-electron chi connectivity index (χ2n) is 5.17. The van der Waals surface area contributed by atoms with Gasteiger partial charge in [0, 0.05) is 0 Å².